The standard InChI is InChI=1S/C28H39N3O4S/c1-6-25(28(33)29-24-12-7-8-13-24)30(18-23-11-9-10-20(2)16-23)27(32)19-31(36(5,34)35)26-17-21(3)14-15-22(26)4/h9-11,14-17,24-25H,6-8,12-13,18-19H2,1-5H3,(H,29,33)/t25-/m0/s1. The predicted molar refractivity (Wildman–Crippen MR) is 144 cm³/mol. The number of nitrogens with zero attached hydrogens (tertiary/aromatic N) is 2. The van der Waals surface area contributed by atoms with Gasteiger partial charge in [0.2, 0.25) is 21.8 Å². The lowest BCUT2D eigenvalue weighted by Crippen LogP contribution is -2.53. The summed E-state index contributed by atoms with van der Waals surface area (Å²) in [6.07, 6.45) is 5.61. The topological polar surface area (TPSA) is 86.8 Å². The molecule has 3 rings (SSSR count). The number of carbonyl (C=O) groups excluding carboxylic acids is 2. The quantitative estimate of drug-likeness (QED) is 0.515. The third-order valence-corrected chi connectivity index (χ3v) is 7.96. The van der Waals surface area contributed by atoms with Crippen LogP contribution in [0.2, 0.25) is 0 Å². The molecule has 0 aromatic heterocycles. The van der Waals surface area contributed by atoms with Crippen LogP contribution in [0, 0.1) is 20.8 Å². The van der Waals surface area contributed by atoms with E-state index < -0.39 is 22.0 Å². The molecule has 1 saturated carbocycles. The Kier molecular flexibility index (Phi) is 9.17. The van der Waals surface area contributed by atoms with E-state index in [-0.39, 0.29) is 25.0 Å². The van der Waals surface area contributed by atoms with Gasteiger partial charge in [-0.3, -0.25) is 13.9 Å². The van der Waals surface area contributed by atoms with Crippen molar-refractivity contribution in [3.63, 3.8) is 0 Å². The maximum absolute atomic E-state index is 13.8. The molecular formula is C28H39N3O4S. The largest absolute Gasteiger partial charge is 0.352 e. The molecule has 8 heteroatoms. The first kappa shape index (κ1) is 27.7. The summed E-state index contributed by atoms with van der Waals surface area (Å²) >= 11 is 0. The third kappa shape index (κ3) is 7.09. The van der Waals surface area contributed by atoms with Crippen LogP contribution in [-0.2, 0) is 26.2 Å². The van der Waals surface area contributed by atoms with E-state index in [1.165, 1.54) is 0 Å². The Morgan fingerprint density at radius 2 is 1.69 bits per heavy atom. The van der Waals surface area contributed by atoms with Crippen molar-refractivity contribution in [1.82, 2.24) is 10.2 Å². The van der Waals surface area contributed by atoms with Gasteiger partial charge < -0.3 is 10.2 Å². The lowest BCUT2D eigenvalue weighted by Gasteiger charge is -2.33. The van der Waals surface area contributed by atoms with Gasteiger partial charge in [-0.25, -0.2) is 8.42 Å². The van der Waals surface area contributed by atoms with Crippen molar-refractivity contribution in [2.45, 2.75) is 78.4 Å². The number of hydrogen-bond acceptors (Lipinski definition) is 4. The second-order valence-corrected chi connectivity index (χ2v) is 11.9. The number of benzene rings is 2. The highest BCUT2D eigenvalue weighted by atomic mass is 32.2. The summed E-state index contributed by atoms with van der Waals surface area (Å²) in [5.74, 6) is -0.584. The summed E-state index contributed by atoms with van der Waals surface area (Å²) in [5, 5.41) is 3.13. The van der Waals surface area contributed by atoms with Gasteiger partial charge in [-0.1, -0.05) is 61.7 Å². The smallest absolute Gasteiger partial charge is 0.244 e. The minimum Gasteiger partial charge on any atom is -0.352 e. The van der Waals surface area contributed by atoms with E-state index in [0.717, 1.165) is 58.5 Å². The molecule has 2 aromatic rings. The zero-order chi connectivity index (χ0) is 26.5. The van der Waals surface area contributed by atoms with Gasteiger partial charge in [0.15, 0.2) is 0 Å². The summed E-state index contributed by atoms with van der Waals surface area (Å²) in [6.45, 7) is 7.42. The van der Waals surface area contributed by atoms with E-state index in [1.54, 1.807) is 11.0 Å². The van der Waals surface area contributed by atoms with Crippen LogP contribution in [0.1, 0.15) is 61.3 Å². The van der Waals surface area contributed by atoms with Crippen molar-refractivity contribution in [2.75, 3.05) is 17.1 Å². The van der Waals surface area contributed by atoms with Crippen molar-refractivity contribution in [3.8, 4) is 0 Å². The second-order valence-electron chi connectivity index (χ2n) is 9.98. The third-order valence-electron chi connectivity index (χ3n) is 6.84. The Labute approximate surface area is 215 Å². The zero-order valence-corrected chi connectivity index (χ0v) is 22.9. The van der Waals surface area contributed by atoms with Gasteiger partial charge in [-0.05, 0) is 62.8 Å². The van der Waals surface area contributed by atoms with Gasteiger partial charge in [0.1, 0.15) is 12.6 Å². The molecule has 1 N–H and O–H groups in total. The molecule has 1 aliphatic carbocycles. The second kappa shape index (κ2) is 11.9. The van der Waals surface area contributed by atoms with Crippen LogP contribution in [0.5, 0.6) is 0 Å². The normalized spacial score (nSPS) is 14.9. The van der Waals surface area contributed by atoms with E-state index in [4.69, 9.17) is 0 Å². The average molecular weight is 514 g/mol. The van der Waals surface area contributed by atoms with Crippen molar-refractivity contribution >= 4 is 27.5 Å². The van der Waals surface area contributed by atoms with E-state index in [1.807, 2.05) is 64.1 Å². The summed E-state index contributed by atoms with van der Waals surface area (Å²) < 4.78 is 26.8. The minimum atomic E-state index is -3.75. The number of sulfonamides is 1. The Balaban J connectivity index is 1.95. The highest BCUT2D eigenvalue weighted by Gasteiger charge is 2.33. The van der Waals surface area contributed by atoms with Crippen molar-refractivity contribution < 1.29 is 18.0 Å². The molecule has 36 heavy (non-hydrogen) atoms. The van der Waals surface area contributed by atoms with Crippen LogP contribution in [-0.4, -0.2) is 50.0 Å². The van der Waals surface area contributed by atoms with Gasteiger partial charge in [0.25, 0.3) is 0 Å². The first-order chi connectivity index (χ1) is 17.0. The zero-order valence-electron chi connectivity index (χ0n) is 22.1. The molecule has 0 aliphatic heterocycles. The molecule has 0 saturated heterocycles. The molecule has 2 aromatic carbocycles. The van der Waals surface area contributed by atoms with Crippen molar-refractivity contribution in [3.05, 3.63) is 64.7 Å². The first-order valence-electron chi connectivity index (χ1n) is 12.7. The highest BCUT2D eigenvalue weighted by Crippen LogP contribution is 2.25. The van der Waals surface area contributed by atoms with Gasteiger partial charge in [-0.15, -0.1) is 0 Å². The van der Waals surface area contributed by atoms with Crippen LogP contribution in [0.15, 0.2) is 42.5 Å². The monoisotopic (exact) mass is 513 g/mol. The van der Waals surface area contributed by atoms with Crippen LogP contribution in [0.3, 0.4) is 0 Å². The van der Waals surface area contributed by atoms with E-state index in [2.05, 4.69) is 5.32 Å². The Bertz CT molecular complexity index is 1190. The Morgan fingerprint density at radius 3 is 2.31 bits per heavy atom. The van der Waals surface area contributed by atoms with Crippen LogP contribution < -0.4 is 9.62 Å². The maximum Gasteiger partial charge on any atom is 0.244 e. The Morgan fingerprint density at radius 1 is 1.03 bits per heavy atom. The fraction of sp³-hybridized carbons (Fsp3) is 0.500. The fourth-order valence-corrected chi connectivity index (χ4v) is 5.78. The van der Waals surface area contributed by atoms with Gasteiger partial charge in [-0.2, -0.15) is 0 Å². The van der Waals surface area contributed by atoms with E-state index >= 15 is 0 Å². The number of nitrogens with one attached hydrogen (secondary N) is 1. The summed E-state index contributed by atoms with van der Waals surface area (Å²) in [4.78, 5) is 28.7. The van der Waals surface area contributed by atoms with Gasteiger partial charge in [0.05, 0.1) is 11.9 Å². The molecule has 0 radical (unpaired) electrons. The van der Waals surface area contributed by atoms with Crippen molar-refractivity contribution in [2.24, 2.45) is 0 Å². The highest BCUT2D eigenvalue weighted by molar-refractivity contribution is 7.92. The summed E-state index contributed by atoms with van der Waals surface area (Å²) in [6, 6.07) is 12.8. The molecule has 7 nitrogen and oxygen atoms in total. The first-order valence-corrected chi connectivity index (χ1v) is 14.5. The number of aryl methyl sites for hydroxylation is 3. The Hall–Kier alpha value is -2.87. The predicted octanol–water partition coefficient (Wildman–Crippen LogP) is 4.24. The number of rotatable bonds is 10. The number of hydrogen-bond donors (Lipinski definition) is 1. The lowest BCUT2D eigenvalue weighted by atomic mass is 10.1. The average Bonchev–Trinajstić information content (AvgIpc) is 3.31. The molecule has 196 valence electrons. The maximum atomic E-state index is 13.8. The van der Waals surface area contributed by atoms with E-state index in [9.17, 15) is 18.0 Å². The molecule has 0 unspecified atom stereocenters. The molecule has 2 amide bonds. The lowest BCUT2D eigenvalue weighted by molar-refractivity contribution is -0.140. The molecule has 0 bridgehead atoms. The van der Waals surface area contributed by atoms with Crippen LogP contribution in [0.4, 0.5) is 5.69 Å². The molecule has 1 aliphatic rings. The van der Waals surface area contributed by atoms with E-state index in [0.29, 0.717) is 12.1 Å². The molecule has 0 spiro atoms. The minimum absolute atomic E-state index is 0.130. The SMILES string of the molecule is CC[C@@H](C(=O)NC1CCCC1)N(Cc1cccc(C)c1)C(=O)CN(c1cc(C)ccc1C)S(C)(=O)=O. The molecule has 0 heterocycles. The summed E-state index contributed by atoms with van der Waals surface area (Å²) in [7, 11) is -3.75. The number of anilines is 1. The van der Waals surface area contributed by atoms with Crippen molar-refractivity contribution in [1.29, 1.82) is 0 Å². The van der Waals surface area contributed by atoms with Gasteiger partial charge in [0, 0.05) is 12.6 Å². The number of amides is 2. The summed E-state index contributed by atoms with van der Waals surface area (Å²) in [5.41, 5.74) is 4.08. The van der Waals surface area contributed by atoms with Gasteiger partial charge >= 0.3 is 0 Å². The fourth-order valence-electron chi connectivity index (χ4n) is 4.88. The number of carbonyl (C=O) groups is 2. The molecular weight excluding hydrogens is 474 g/mol. The van der Waals surface area contributed by atoms with Crippen LogP contribution in [0.25, 0.3) is 0 Å². The van der Waals surface area contributed by atoms with Crippen LogP contribution >= 0.6 is 0 Å². The molecule has 1 atom stereocenters. The molecule has 1 fully saturated rings.